The molecule has 0 aromatic heterocycles. The molecule has 1 unspecified atom stereocenters. The Labute approximate surface area is 126 Å². The molecule has 1 aliphatic rings. The lowest BCUT2D eigenvalue weighted by molar-refractivity contribution is 0.467. The van der Waals surface area contributed by atoms with Crippen molar-refractivity contribution in [2.75, 3.05) is 5.32 Å². The number of phenols is 1. The lowest BCUT2D eigenvalue weighted by atomic mass is 9.99. The van der Waals surface area contributed by atoms with E-state index in [-0.39, 0.29) is 0 Å². The fraction of sp³-hybridized carbons (Fsp3) is 0.368. The molecule has 21 heavy (non-hydrogen) atoms. The Kier molecular flexibility index (Phi) is 3.62. The van der Waals surface area contributed by atoms with Gasteiger partial charge in [0, 0.05) is 11.3 Å². The van der Waals surface area contributed by atoms with Crippen molar-refractivity contribution in [3.63, 3.8) is 0 Å². The summed E-state index contributed by atoms with van der Waals surface area (Å²) in [5, 5.41) is 13.8. The van der Waals surface area contributed by atoms with Crippen LogP contribution in [-0.4, -0.2) is 5.11 Å². The SMILES string of the molecule is Cc1ccc(C(Nc2ccc(C)c(O)c2C)C2CC2)cc1. The highest BCUT2D eigenvalue weighted by Gasteiger charge is 2.32. The zero-order valence-corrected chi connectivity index (χ0v) is 13.0. The first-order valence-electron chi connectivity index (χ1n) is 7.68. The minimum absolute atomic E-state index is 0.339. The summed E-state index contributed by atoms with van der Waals surface area (Å²) in [6.45, 7) is 6.03. The lowest BCUT2D eigenvalue weighted by Crippen LogP contribution is -2.13. The van der Waals surface area contributed by atoms with Gasteiger partial charge in [-0.25, -0.2) is 0 Å². The van der Waals surface area contributed by atoms with Crippen LogP contribution in [0.4, 0.5) is 5.69 Å². The van der Waals surface area contributed by atoms with Gasteiger partial charge in [0.2, 0.25) is 0 Å². The van der Waals surface area contributed by atoms with Crippen molar-refractivity contribution < 1.29 is 5.11 Å². The second-order valence-electron chi connectivity index (χ2n) is 6.27. The maximum atomic E-state index is 10.1. The van der Waals surface area contributed by atoms with Gasteiger partial charge in [-0.15, -0.1) is 0 Å². The molecule has 1 atom stereocenters. The summed E-state index contributed by atoms with van der Waals surface area (Å²) in [7, 11) is 0. The van der Waals surface area contributed by atoms with Crippen molar-refractivity contribution >= 4 is 5.69 Å². The zero-order chi connectivity index (χ0) is 15.0. The fourth-order valence-electron chi connectivity index (χ4n) is 2.84. The van der Waals surface area contributed by atoms with Crippen LogP contribution in [0.1, 0.15) is 41.1 Å². The standard InChI is InChI=1S/C19H23NO/c1-12-4-7-15(8-5-12)18(16-9-10-16)20-17-11-6-13(2)19(21)14(17)3/h4-8,11,16,18,20-21H,9-10H2,1-3H3. The summed E-state index contributed by atoms with van der Waals surface area (Å²) in [4.78, 5) is 0. The van der Waals surface area contributed by atoms with Crippen molar-refractivity contribution in [1.29, 1.82) is 0 Å². The first-order valence-corrected chi connectivity index (χ1v) is 7.68. The second kappa shape index (κ2) is 5.44. The molecule has 2 N–H and O–H groups in total. The third kappa shape index (κ3) is 2.90. The number of nitrogens with one attached hydrogen (secondary N) is 1. The van der Waals surface area contributed by atoms with E-state index in [1.165, 1.54) is 24.0 Å². The molecule has 2 aromatic rings. The van der Waals surface area contributed by atoms with Crippen LogP contribution in [0.2, 0.25) is 0 Å². The highest BCUT2D eigenvalue weighted by Crippen LogP contribution is 2.44. The monoisotopic (exact) mass is 281 g/mol. The van der Waals surface area contributed by atoms with E-state index in [4.69, 9.17) is 0 Å². The smallest absolute Gasteiger partial charge is 0.123 e. The van der Waals surface area contributed by atoms with Crippen LogP contribution in [0, 0.1) is 26.7 Å². The average molecular weight is 281 g/mol. The topological polar surface area (TPSA) is 32.3 Å². The number of hydrogen-bond acceptors (Lipinski definition) is 2. The molecule has 110 valence electrons. The van der Waals surface area contributed by atoms with Crippen molar-refractivity contribution in [3.8, 4) is 5.75 Å². The molecule has 0 radical (unpaired) electrons. The third-order valence-corrected chi connectivity index (χ3v) is 4.47. The summed E-state index contributed by atoms with van der Waals surface area (Å²) >= 11 is 0. The summed E-state index contributed by atoms with van der Waals surface area (Å²) in [5.41, 5.74) is 5.53. The molecule has 0 aliphatic heterocycles. The van der Waals surface area contributed by atoms with Crippen molar-refractivity contribution in [1.82, 2.24) is 0 Å². The Morgan fingerprint density at radius 1 is 1.00 bits per heavy atom. The van der Waals surface area contributed by atoms with E-state index in [0.717, 1.165) is 16.8 Å². The fourth-order valence-corrected chi connectivity index (χ4v) is 2.84. The van der Waals surface area contributed by atoms with Crippen molar-refractivity contribution in [2.45, 2.75) is 39.7 Å². The van der Waals surface area contributed by atoms with Gasteiger partial charge in [0.25, 0.3) is 0 Å². The molecule has 2 nitrogen and oxygen atoms in total. The van der Waals surface area contributed by atoms with E-state index in [9.17, 15) is 5.11 Å². The first kappa shape index (κ1) is 14.0. The number of aromatic hydroxyl groups is 1. The van der Waals surface area contributed by atoms with Crippen LogP contribution in [0.3, 0.4) is 0 Å². The van der Waals surface area contributed by atoms with Gasteiger partial charge >= 0.3 is 0 Å². The van der Waals surface area contributed by atoms with Crippen LogP contribution >= 0.6 is 0 Å². The third-order valence-electron chi connectivity index (χ3n) is 4.47. The van der Waals surface area contributed by atoms with Crippen LogP contribution < -0.4 is 5.32 Å². The molecule has 3 rings (SSSR count). The quantitative estimate of drug-likeness (QED) is 0.837. The van der Waals surface area contributed by atoms with Crippen LogP contribution in [0.25, 0.3) is 0 Å². The van der Waals surface area contributed by atoms with E-state index in [2.05, 4.69) is 42.6 Å². The number of benzene rings is 2. The predicted octanol–water partition coefficient (Wildman–Crippen LogP) is 4.88. The molecule has 0 spiro atoms. The molecule has 1 saturated carbocycles. The Bertz CT molecular complexity index is 641. The first-order chi connectivity index (χ1) is 10.1. The number of anilines is 1. The molecule has 0 heterocycles. The largest absolute Gasteiger partial charge is 0.507 e. The van der Waals surface area contributed by atoms with Gasteiger partial charge in [0.05, 0.1) is 6.04 Å². The van der Waals surface area contributed by atoms with Crippen LogP contribution in [0.15, 0.2) is 36.4 Å². The van der Waals surface area contributed by atoms with Gasteiger partial charge in [0.1, 0.15) is 5.75 Å². The van der Waals surface area contributed by atoms with Gasteiger partial charge in [-0.2, -0.15) is 0 Å². The summed E-state index contributed by atoms with van der Waals surface area (Å²) in [5.74, 6) is 1.11. The molecule has 0 saturated heterocycles. The summed E-state index contributed by atoms with van der Waals surface area (Å²) < 4.78 is 0. The minimum Gasteiger partial charge on any atom is -0.507 e. The second-order valence-corrected chi connectivity index (χ2v) is 6.27. The number of phenolic OH excluding ortho intramolecular Hbond substituents is 1. The Hall–Kier alpha value is -1.96. The number of rotatable bonds is 4. The minimum atomic E-state index is 0.339. The van der Waals surface area contributed by atoms with E-state index < -0.39 is 0 Å². The van der Waals surface area contributed by atoms with Gasteiger partial charge in [-0.05, 0) is 56.7 Å². The molecule has 0 bridgehead atoms. The maximum absolute atomic E-state index is 10.1. The molecule has 0 amide bonds. The van der Waals surface area contributed by atoms with E-state index in [0.29, 0.717) is 17.7 Å². The predicted molar refractivity (Wildman–Crippen MR) is 87.8 cm³/mol. The maximum Gasteiger partial charge on any atom is 0.123 e. The Morgan fingerprint density at radius 3 is 2.29 bits per heavy atom. The van der Waals surface area contributed by atoms with Crippen molar-refractivity contribution in [3.05, 3.63) is 58.7 Å². The number of hydrogen-bond donors (Lipinski definition) is 2. The van der Waals surface area contributed by atoms with Gasteiger partial charge in [0.15, 0.2) is 0 Å². The van der Waals surface area contributed by atoms with Crippen LogP contribution in [-0.2, 0) is 0 Å². The van der Waals surface area contributed by atoms with Crippen LogP contribution in [0.5, 0.6) is 5.75 Å². The highest BCUT2D eigenvalue weighted by molar-refractivity contribution is 5.60. The van der Waals surface area contributed by atoms with Gasteiger partial charge in [-0.3, -0.25) is 0 Å². The molecule has 1 aliphatic carbocycles. The average Bonchev–Trinajstić information content (AvgIpc) is 3.30. The van der Waals surface area contributed by atoms with Crippen molar-refractivity contribution in [2.24, 2.45) is 5.92 Å². The molecular weight excluding hydrogens is 258 g/mol. The highest BCUT2D eigenvalue weighted by atomic mass is 16.3. The molecule has 2 aromatic carbocycles. The van der Waals surface area contributed by atoms with E-state index >= 15 is 0 Å². The normalized spacial score (nSPS) is 15.8. The molecule has 2 heteroatoms. The molecule has 1 fully saturated rings. The van der Waals surface area contributed by atoms with E-state index in [1.807, 2.05) is 19.9 Å². The number of aryl methyl sites for hydroxylation is 2. The lowest BCUT2D eigenvalue weighted by Gasteiger charge is -2.22. The van der Waals surface area contributed by atoms with Gasteiger partial charge < -0.3 is 10.4 Å². The Balaban J connectivity index is 1.89. The summed E-state index contributed by atoms with van der Waals surface area (Å²) in [6.07, 6.45) is 2.56. The zero-order valence-electron chi connectivity index (χ0n) is 13.0. The van der Waals surface area contributed by atoms with Gasteiger partial charge in [-0.1, -0.05) is 35.9 Å². The van der Waals surface area contributed by atoms with E-state index in [1.54, 1.807) is 0 Å². The summed E-state index contributed by atoms with van der Waals surface area (Å²) in [6, 6.07) is 13.2. The molecular formula is C19H23NO. The Morgan fingerprint density at radius 2 is 1.67 bits per heavy atom.